The molecular weight excluding hydrogens is 188 g/mol. The minimum atomic E-state index is 0.459. The Morgan fingerprint density at radius 2 is 2.27 bits per heavy atom. The van der Waals surface area contributed by atoms with E-state index in [9.17, 15) is 0 Å². The van der Waals surface area contributed by atoms with Gasteiger partial charge in [-0.1, -0.05) is 18.2 Å². The lowest BCUT2D eigenvalue weighted by atomic mass is 9.99. The van der Waals surface area contributed by atoms with E-state index in [1.54, 1.807) is 0 Å². The van der Waals surface area contributed by atoms with Crippen molar-refractivity contribution in [3.05, 3.63) is 29.8 Å². The number of hydrogen-bond donors (Lipinski definition) is 0. The summed E-state index contributed by atoms with van der Waals surface area (Å²) in [7, 11) is 0. The predicted octanol–water partition coefficient (Wildman–Crippen LogP) is 1.85. The summed E-state index contributed by atoms with van der Waals surface area (Å²) < 4.78 is 5.64. The fourth-order valence-corrected chi connectivity index (χ4v) is 2.30. The van der Waals surface area contributed by atoms with Crippen molar-refractivity contribution in [3.63, 3.8) is 0 Å². The molecule has 0 bridgehead atoms. The lowest BCUT2D eigenvalue weighted by Crippen LogP contribution is -2.30. The van der Waals surface area contributed by atoms with E-state index in [2.05, 4.69) is 28.1 Å². The summed E-state index contributed by atoms with van der Waals surface area (Å²) in [6.45, 7) is 2.78. The summed E-state index contributed by atoms with van der Waals surface area (Å²) in [5.74, 6) is 1.04. The summed E-state index contributed by atoms with van der Waals surface area (Å²) >= 11 is 0. The van der Waals surface area contributed by atoms with Gasteiger partial charge in [0, 0.05) is 18.5 Å². The molecule has 3 nitrogen and oxygen atoms in total. The molecule has 0 saturated carbocycles. The first kappa shape index (κ1) is 8.77. The molecule has 0 fully saturated rings. The normalized spacial score (nSPS) is 23.7. The van der Waals surface area contributed by atoms with Gasteiger partial charge < -0.3 is 9.64 Å². The lowest BCUT2D eigenvalue weighted by Gasteiger charge is -2.32. The van der Waals surface area contributed by atoms with Gasteiger partial charge in [0.15, 0.2) is 0 Å². The molecule has 1 aromatic rings. The largest absolute Gasteiger partial charge is 0.493 e. The molecule has 3 heteroatoms. The fourth-order valence-electron chi connectivity index (χ4n) is 2.30. The topological polar surface area (TPSA) is 24.8 Å². The van der Waals surface area contributed by atoms with E-state index in [4.69, 9.17) is 4.74 Å². The molecule has 0 spiro atoms. The molecule has 0 amide bonds. The second kappa shape index (κ2) is 3.57. The average Bonchev–Trinajstić information content (AvgIpc) is 2.82. The summed E-state index contributed by atoms with van der Waals surface area (Å²) in [6, 6.07) is 8.77. The van der Waals surface area contributed by atoms with E-state index in [0.29, 0.717) is 6.04 Å². The van der Waals surface area contributed by atoms with Crippen LogP contribution in [0.15, 0.2) is 29.3 Å². The van der Waals surface area contributed by atoms with Crippen molar-refractivity contribution in [2.45, 2.75) is 12.5 Å². The van der Waals surface area contributed by atoms with Gasteiger partial charge in [-0.2, -0.15) is 0 Å². The molecule has 0 N–H and O–H groups in total. The van der Waals surface area contributed by atoms with Crippen LogP contribution in [0.3, 0.4) is 0 Å². The van der Waals surface area contributed by atoms with Gasteiger partial charge in [0.2, 0.25) is 0 Å². The maximum absolute atomic E-state index is 5.64. The van der Waals surface area contributed by atoms with Gasteiger partial charge in [-0.15, -0.1) is 0 Å². The fraction of sp³-hybridized carbons (Fsp3) is 0.417. The number of para-hydroxylation sites is 1. The van der Waals surface area contributed by atoms with Gasteiger partial charge in [0.1, 0.15) is 5.75 Å². The summed E-state index contributed by atoms with van der Waals surface area (Å²) in [6.07, 6.45) is 3.04. The number of rotatable bonds is 1. The molecule has 0 saturated heterocycles. The van der Waals surface area contributed by atoms with Gasteiger partial charge in [0.05, 0.1) is 25.5 Å². The Hall–Kier alpha value is -1.51. The zero-order valence-electron chi connectivity index (χ0n) is 8.60. The van der Waals surface area contributed by atoms with Crippen LogP contribution in [0.25, 0.3) is 0 Å². The molecule has 2 heterocycles. The predicted molar refractivity (Wildman–Crippen MR) is 59.4 cm³/mol. The molecule has 2 aliphatic rings. The molecule has 0 aliphatic carbocycles. The van der Waals surface area contributed by atoms with Crippen LogP contribution in [0, 0.1) is 0 Å². The summed E-state index contributed by atoms with van der Waals surface area (Å²) in [4.78, 5) is 6.59. The van der Waals surface area contributed by atoms with Crippen LogP contribution in [-0.2, 0) is 0 Å². The first-order chi connectivity index (χ1) is 7.45. The highest BCUT2D eigenvalue weighted by atomic mass is 16.5. The maximum atomic E-state index is 5.64. The van der Waals surface area contributed by atoms with E-state index in [0.717, 1.165) is 31.9 Å². The van der Waals surface area contributed by atoms with Crippen molar-refractivity contribution < 1.29 is 4.74 Å². The van der Waals surface area contributed by atoms with E-state index in [1.165, 1.54) is 5.56 Å². The van der Waals surface area contributed by atoms with Crippen molar-refractivity contribution in [2.75, 3.05) is 19.7 Å². The number of benzene rings is 1. The molecule has 2 aliphatic heterocycles. The van der Waals surface area contributed by atoms with Crippen molar-refractivity contribution in [2.24, 2.45) is 4.99 Å². The third-order valence-corrected chi connectivity index (χ3v) is 3.04. The number of hydrogen-bond acceptors (Lipinski definition) is 3. The molecule has 1 unspecified atom stereocenters. The Morgan fingerprint density at radius 3 is 3.13 bits per heavy atom. The van der Waals surface area contributed by atoms with Crippen LogP contribution >= 0.6 is 0 Å². The van der Waals surface area contributed by atoms with E-state index < -0.39 is 0 Å². The molecule has 0 aromatic heterocycles. The SMILES string of the molecule is C1=NCCN1C1CCOc2ccccc21. The van der Waals surface area contributed by atoms with Crippen LogP contribution in [0.5, 0.6) is 5.75 Å². The molecule has 0 radical (unpaired) electrons. The van der Waals surface area contributed by atoms with E-state index >= 15 is 0 Å². The highest BCUT2D eigenvalue weighted by Crippen LogP contribution is 2.35. The zero-order valence-corrected chi connectivity index (χ0v) is 8.60. The third-order valence-electron chi connectivity index (χ3n) is 3.04. The molecular formula is C12H14N2O. The molecule has 1 aromatic carbocycles. The van der Waals surface area contributed by atoms with Crippen molar-refractivity contribution >= 4 is 6.34 Å². The van der Waals surface area contributed by atoms with E-state index in [1.807, 2.05) is 12.4 Å². The zero-order chi connectivity index (χ0) is 10.1. The van der Waals surface area contributed by atoms with Crippen molar-refractivity contribution in [1.82, 2.24) is 4.90 Å². The van der Waals surface area contributed by atoms with Crippen molar-refractivity contribution in [1.29, 1.82) is 0 Å². The quantitative estimate of drug-likeness (QED) is 0.694. The summed E-state index contributed by atoms with van der Waals surface area (Å²) in [5, 5.41) is 0. The first-order valence-electron chi connectivity index (χ1n) is 5.42. The highest BCUT2D eigenvalue weighted by Gasteiger charge is 2.26. The molecule has 78 valence electrons. The monoisotopic (exact) mass is 202 g/mol. The third kappa shape index (κ3) is 1.48. The van der Waals surface area contributed by atoms with E-state index in [-0.39, 0.29) is 0 Å². The maximum Gasteiger partial charge on any atom is 0.124 e. The van der Waals surface area contributed by atoms with Crippen molar-refractivity contribution in [3.8, 4) is 5.75 Å². The molecule has 3 rings (SSSR count). The number of ether oxygens (including phenoxy) is 1. The number of nitrogens with zero attached hydrogens (tertiary/aromatic N) is 2. The summed E-state index contributed by atoms with van der Waals surface area (Å²) in [5.41, 5.74) is 1.30. The lowest BCUT2D eigenvalue weighted by molar-refractivity contribution is 0.210. The second-order valence-electron chi connectivity index (χ2n) is 3.95. The Kier molecular flexibility index (Phi) is 2.09. The van der Waals surface area contributed by atoms with Gasteiger partial charge in [-0.3, -0.25) is 4.99 Å². The minimum Gasteiger partial charge on any atom is -0.493 e. The number of fused-ring (bicyclic) bond motifs is 1. The van der Waals surface area contributed by atoms with Gasteiger partial charge >= 0.3 is 0 Å². The molecule has 15 heavy (non-hydrogen) atoms. The van der Waals surface area contributed by atoms with Crippen LogP contribution in [0.4, 0.5) is 0 Å². The number of aliphatic imine (C=N–C) groups is 1. The average molecular weight is 202 g/mol. The van der Waals surface area contributed by atoms with Gasteiger partial charge in [-0.05, 0) is 6.07 Å². The Labute approximate surface area is 89.4 Å². The van der Waals surface area contributed by atoms with Gasteiger partial charge in [0.25, 0.3) is 0 Å². The first-order valence-corrected chi connectivity index (χ1v) is 5.42. The van der Waals surface area contributed by atoms with Crippen LogP contribution in [0.1, 0.15) is 18.0 Å². The Bertz CT molecular complexity index is 389. The standard InChI is InChI=1S/C12H14N2O/c1-2-4-12-10(3-1)11(5-8-15-12)14-7-6-13-9-14/h1-4,9,11H,5-8H2. The van der Waals surface area contributed by atoms with Crippen LogP contribution in [-0.4, -0.2) is 30.9 Å². The van der Waals surface area contributed by atoms with Crippen LogP contribution < -0.4 is 4.74 Å². The Morgan fingerprint density at radius 1 is 1.33 bits per heavy atom. The molecule has 1 atom stereocenters. The smallest absolute Gasteiger partial charge is 0.124 e. The Balaban J connectivity index is 1.95. The van der Waals surface area contributed by atoms with Gasteiger partial charge in [-0.25, -0.2) is 0 Å². The highest BCUT2D eigenvalue weighted by molar-refractivity contribution is 5.59. The van der Waals surface area contributed by atoms with Crippen LogP contribution in [0.2, 0.25) is 0 Å². The second-order valence-corrected chi connectivity index (χ2v) is 3.95. The minimum absolute atomic E-state index is 0.459.